The zero-order valence-electron chi connectivity index (χ0n) is 11.3. The molecule has 0 aliphatic rings. The Bertz CT molecular complexity index is 549. The van der Waals surface area contributed by atoms with Gasteiger partial charge in [0.15, 0.2) is 5.76 Å². The van der Waals surface area contributed by atoms with Gasteiger partial charge < -0.3 is 14.4 Å². The molecule has 0 radical (unpaired) electrons. The molecule has 0 saturated heterocycles. The zero-order chi connectivity index (χ0) is 13.1. The number of carbonyl (C=O) groups is 1. The van der Waals surface area contributed by atoms with Crippen LogP contribution < -0.4 is 24.0 Å². The molecule has 0 fully saturated rings. The summed E-state index contributed by atoms with van der Waals surface area (Å²) in [6.45, 7) is 4.03. The van der Waals surface area contributed by atoms with Crippen molar-refractivity contribution in [1.82, 2.24) is 5.16 Å². The van der Waals surface area contributed by atoms with E-state index in [0.29, 0.717) is 23.7 Å². The predicted molar refractivity (Wildman–Crippen MR) is 64.8 cm³/mol. The summed E-state index contributed by atoms with van der Waals surface area (Å²) in [5, 5.41) is 14.6. The summed E-state index contributed by atoms with van der Waals surface area (Å²) in [4.78, 5) is 11.0. The standard InChI is InChI=1S/C14H15NO3.Li/c1-9(2)8-11-12(14(16)17)15-18-13(11)10-6-4-3-5-7-10;/h3-7,9H,8H2,1-2H3,(H,16,17);/q;+1/p-1. The van der Waals surface area contributed by atoms with Crippen molar-refractivity contribution >= 4 is 5.97 Å². The third-order valence-corrected chi connectivity index (χ3v) is 2.63. The molecule has 5 heteroatoms. The molecule has 0 amide bonds. The van der Waals surface area contributed by atoms with Crippen molar-refractivity contribution in [2.75, 3.05) is 0 Å². The van der Waals surface area contributed by atoms with Crippen LogP contribution in [0.1, 0.15) is 29.9 Å². The Morgan fingerprint density at radius 2 is 1.95 bits per heavy atom. The van der Waals surface area contributed by atoms with Crippen LogP contribution in [0.5, 0.6) is 0 Å². The van der Waals surface area contributed by atoms with E-state index in [4.69, 9.17) is 4.52 Å². The molecule has 94 valence electrons. The topological polar surface area (TPSA) is 66.2 Å². The van der Waals surface area contributed by atoms with Crippen LogP contribution in [-0.2, 0) is 6.42 Å². The Kier molecular flexibility index (Phi) is 5.41. The minimum Gasteiger partial charge on any atom is -0.543 e. The van der Waals surface area contributed by atoms with E-state index < -0.39 is 5.97 Å². The minimum atomic E-state index is -1.29. The average Bonchev–Trinajstić information content (AvgIpc) is 2.73. The van der Waals surface area contributed by atoms with E-state index >= 15 is 0 Å². The number of nitrogens with zero attached hydrogens (tertiary/aromatic N) is 1. The maximum Gasteiger partial charge on any atom is 1.00 e. The fraction of sp³-hybridized carbons (Fsp3) is 0.286. The molecule has 0 atom stereocenters. The number of hydrogen-bond acceptors (Lipinski definition) is 4. The third-order valence-electron chi connectivity index (χ3n) is 2.63. The van der Waals surface area contributed by atoms with Crippen molar-refractivity contribution in [2.45, 2.75) is 20.3 Å². The van der Waals surface area contributed by atoms with Crippen molar-refractivity contribution in [1.29, 1.82) is 0 Å². The number of rotatable bonds is 4. The molecule has 4 nitrogen and oxygen atoms in total. The van der Waals surface area contributed by atoms with Crippen LogP contribution in [0.4, 0.5) is 0 Å². The molecule has 0 saturated carbocycles. The van der Waals surface area contributed by atoms with Gasteiger partial charge in [-0.15, -0.1) is 0 Å². The summed E-state index contributed by atoms with van der Waals surface area (Å²) in [5.41, 5.74) is 1.34. The summed E-state index contributed by atoms with van der Waals surface area (Å²) in [5.74, 6) is -0.468. The summed E-state index contributed by atoms with van der Waals surface area (Å²) in [7, 11) is 0. The number of carboxylic acid groups (broad SMARTS) is 1. The van der Waals surface area contributed by atoms with Gasteiger partial charge in [-0.25, -0.2) is 0 Å². The molecule has 19 heavy (non-hydrogen) atoms. The van der Waals surface area contributed by atoms with Gasteiger partial charge in [0, 0.05) is 11.1 Å². The third kappa shape index (κ3) is 3.49. The SMILES string of the molecule is CC(C)Cc1c(C(=O)[O-])noc1-c1ccccc1.[Li+]. The van der Waals surface area contributed by atoms with Gasteiger partial charge >= 0.3 is 18.9 Å². The summed E-state index contributed by atoms with van der Waals surface area (Å²) >= 11 is 0. The Morgan fingerprint density at radius 3 is 2.47 bits per heavy atom. The number of aromatic nitrogens is 1. The largest absolute Gasteiger partial charge is 1.00 e. The van der Waals surface area contributed by atoms with Crippen molar-refractivity contribution in [2.24, 2.45) is 5.92 Å². The molecule has 0 bridgehead atoms. The van der Waals surface area contributed by atoms with E-state index in [-0.39, 0.29) is 24.6 Å². The number of carbonyl (C=O) groups excluding carboxylic acids is 1. The second-order valence-electron chi connectivity index (χ2n) is 4.59. The maximum absolute atomic E-state index is 11.0. The van der Waals surface area contributed by atoms with Crippen molar-refractivity contribution in [3.05, 3.63) is 41.6 Å². The molecule has 1 heterocycles. The van der Waals surface area contributed by atoms with Crippen molar-refractivity contribution in [3.8, 4) is 11.3 Å². The second-order valence-corrected chi connectivity index (χ2v) is 4.59. The van der Waals surface area contributed by atoms with Crippen LogP contribution in [0, 0.1) is 5.92 Å². The quantitative estimate of drug-likeness (QED) is 0.647. The average molecular weight is 251 g/mol. The molecule has 0 aliphatic heterocycles. The van der Waals surface area contributed by atoms with Crippen LogP contribution in [0.3, 0.4) is 0 Å². The van der Waals surface area contributed by atoms with Gasteiger partial charge in [-0.2, -0.15) is 0 Å². The summed E-state index contributed by atoms with van der Waals surface area (Å²) < 4.78 is 5.17. The van der Waals surface area contributed by atoms with E-state index in [1.165, 1.54) is 0 Å². The van der Waals surface area contributed by atoms with Gasteiger partial charge in [-0.05, 0) is 12.3 Å². The Labute approximate surface area is 124 Å². The maximum atomic E-state index is 11.0. The zero-order valence-corrected chi connectivity index (χ0v) is 11.3. The van der Waals surface area contributed by atoms with Gasteiger partial charge in [0.2, 0.25) is 0 Å². The van der Waals surface area contributed by atoms with Crippen LogP contribution in [-0.4, -0.2) is 11.1 Å². The van der Waals surface area contributed by atoms with E-state index in [1.54, 1.807) is 0 Å². The van der Waals surface area contributed by atoms with Crippen molar-refractivity contribution < 1.29 is 33.3 Å². The number of benzene rings is 1. The fourth-order valence-corrected chi connectivity index (χ4v) is 1.88. The summed E-state index contributed by atoms with van der Waals surface area (Å²) in [6.07, 6.45) is 0.594. The number of aromatic carboxylic acids is 1. The molecule has 2 rings (SSSR count). The first-order chi connectivity index (χ1) is 8.59. The Balaban J connectivity index is 0.00000180. The van der Waals surface area contributed by atoms with E-state index in [2.05, 4.69) is 5.16 Å². The molecular weight excluding hydrogens is 237 g/mol. The van der Waals surface area contributed by atoms with Gasteiger partial charge in [-0.1, -0.05) is 49.3 Å². The van der Waals surface area contributed by atoms with Gasteiger partial charge in [-0.3, -0.25) is 0 Å². The molecule has 0 spiro atoms. The molecule has 0 aliphatic carbocycles. The fourth-order valence-electron chi connectivity index (χ4n) is 1.88. The van der Waals surface area contributed by atoms with E-state index in [0.717, 1.165) is 5.56 Å². The number of hydrogen-bond donors (Lipinski definition) is 0. The Hall–Kier alpha value is -1.50. The number of carboxylic acids is 1. The molecule has 0 unspecified atom stereocenters. The first-order valence-electron chi connectivity index (χ1n) is 5.85. The van der Waals surface area contributed by atoms with Gasteiger partial charge in [0.05, 0.1) is 5.97 Å². The minimum absolute atomic E-state index is 0. The van der Waals surface area contributed by atoms with Crippen LogP contribution in [0.25, 0.3) is 11.3 Å². The van der Waals surface area contributed by atoms with Crippen molar-refractivity contribution in [3.63, 3.8) is 0 Å². The molecule has 1 aromatic carbocycles. The predicted octanol–water partition coefficient (Wildman–Crippen LogP) is -1.09. The van der Waals surface area contributed by atoms with Gasteiger partial charge in [0.1, 0.15) is 5.69 Å². The normalized spacial score (nSPS) is 10.3. The van der Waals surface area contributed by atoms with Gasteiger partial charge in [0.25, 0.3) is 0 Å². The van der Waals surface area contributed by atoms with Crippen LogP contribution in [0.15, 0.2) is 34.9 Å². The van der Waals surface area contributed by atoms with E-state index in [9.17, 15) is 9.90 Å². The van der Waals surface area contributed by atoms with Crippen LogP contribution >= 0.6 is 0 Å². The molecular formula is C14H14LiNO3. The van der Waals surface area contributed by atoms with E-state index in [1.807, 2.05) is 44.2 Å². The molecule has 2 aromatic rings. The van der Waals surface area contributed by atoms with Crippen LogP contribution in [0.2, 0.25) is 0 Å². The molecule has 0 N–H and O–H groups in total. The monoisotopic (exact) mass is 251 g/mol. The second kappa shape index (κ2) is 6.60. The summed E-state index contributed by atoms with van der Waals surface area (Å²) in [6, 6.07) is 9.36. The first-order valence-corrected chi connectivity index (χ1v) is 5.85. The molecule has 1 aromatic heterocycles. The first kappa shape index (κ1) is 15.6. The Morgan fingerprint density at radius 1 is 1.32 bits per heavy atom. The smallest absolute Gasteiger partial charge is 0.543 e.